The third kappa shape index (κ3) is 5.28. The Morgan fingerprint density at radius 1 is 1.19 bits per heavy atom. The molecule has 1 unspecified atom stereocenters. The van der Waals surface area contributed by atoms with Crippen molar-refractivity contribution in [2.45, 2.75) is 52.1 Å². The van der Waals surface area contributed by atoms with Crippen molar-refractivity contribution in [3.05, 3.63) is 0 Å². The van der Waals surface area contributed by atoms with Gasteiger partial charge >= 0.3 is 0 Å². The van der Waals surface area contributed by atoms with Crippen molar-refractivity contribution in [2.24, 2.45) is 0 Å². The van der Waals surface area contributed by atoms with Gasteiger partial charge in [0, 0.05) is 25.2 Å². The van der Waals surface area contributed by atoms with Crippen LogP contribution < -0.4 is 5.32 Å². The van der Waals surface area contributed by atoms with Crippen LogP contribution in [0.15, 0.2) is 0 Å². The molecule has 1 heterocycles. The van der Waals surface area contributed by atoms with E-state index in [1.54, 1.807) is 0 Å². The van der Waals surface area contributed by atoms with Gasteiger partial charge in [-0.2, -0.15) is 0 Å². The fourth-order valence-electron chi connectivity index (χ4n) is 2.21. The Balaban J connectivity index is 2.10. The van der Waals surface area contributed by atoms with Crippen LogP contribution in [0, 0.1) is 0 Å². The Morgan fingerprint density at radius 3 is 2.38 bits per heavy atom. The summed E-state index contributed by atoms with van der Waals surface area (Å²) in [6.45, 7) is 12.1. The smallest absolute Gasteiger partial charge is 0.0594 e. The van der Waals surface area contributed by atoms with Crippen LogP contribution in [0.2, 0.25) is 0 Å². The first-order chi connectivity index (χ1) is 7.76. The molecule has 0 bridgehead atoms. The van der Waals surface area contributed by atoms with Crippen molar-refractivity contribution in [3.63, 3.8) is 0 Å². The molecular weight excluding hydrogens is 200 g/mol. The number of nitrogens with one attached hydrogen (secondary N) is 1. The summed E-state index contributed by atoms with van der Waals surface area (Å²) in [5.41, 5.74) is 0. The monoisotopic (exact) mass is 228 g/mol. The zero-order valence-corrected chi connectivity index (χ0v) is 11.2. The molecule has 1 aliphatic heterocycles. The summed E-state index contributed by atoms with van der Waals surface area (Å²) in [5, 5.41) is 3.70. The SMILES string of the molecule is CCC(CC)NC(C)CCN1CCOCC1. The van der Waals surface area contributed by atoms with Crippen molar-refractivity contribution in [3.8, 4) is 0 Å². The Hall–Kier alpha value is -0.120. The van der Waals surface area contributed by atoms with E-state index >= 15 is 0 Å². The molecule has 0 aromatic carbocycles. The van der Waals surface area contributed by atoms with E-state index in [0.29, 0.717) is 12.1 Å². The summed E-state index contributed by atoms with van der Waals surface area (Å²) in [6, 6.07) is 1.33. The van der Waals surface area contributed by atoms with E-state index in [2.05, 4.69) is 31.0 Å². The molecule has 96 valence electrons. The van der Waals surface area contributed by atoms with Crippen LogP contribution in [0.4, 0.5) is 0 Å². The lowest BCUT2D eigenvalue weighted by Crippen LogP contribution is -2.41. The number of hydrogen-bond donors (Lipinski definition) is 1. The molecule has 16 heavy (non-hydrogen) atoms. The van der Waals surface area contributed by atoms with E-state index in [0.717, 1.165) is 26.3 Å². The van der Waals surface area contributed by atoms with Crippen molar-refractivity contribution in [1.29, 1.82) is 0 Å². The number of morpholine rings is 1. The lowest BCUT2D eigenvalue weighted by Gasteiger charge is -2.28. The van der Waals surface area contributed by atoms with Crippen LogP contribution in [0.25, 0.3) is 0 Å². The lowest BCUT2D eigenvalue weighted by molar-refractivity contribution is 0.0362. The first kappa shape index (κ1) is 13.9. The first-order valence-corrected chi connectivity index (χ1v) is 6.82. The molecule has 0 aliphatic carbocycles. The second-order valence-corrected chi connectivity index (χ2v) is 4.82. The van der Waals surface area contributed by atoms with E-state index in [4.69, 9.17) is 4.74 Å². The molecule has 0 aromatic rings. The van der Waals surface area contributed by atoms with Crippen molar-refractivity contribution in [1.82, 2.24) is 10.2 Å². The third-order valence-electron chi connectivity index (χ3n) is 3.49. The van der Waals surface area contributed by atoms with Crippen LogP contribution >= 0.6 is 0 Å². The van der Waals surface area contributed by atoms with Gasteiger partial charge in [-0.25, -0.2) is 0 Å². The molecule has 0 radical (unpaired) electrons. The minimum Gasteiger partial charge on any atom is -0.379 e. The van der Waals surface area contributed by atoms with Gasteiger partial charge in [0.2, 0.25) is 0 Å². The molecule has 3 heteroatoms. The summed E-state index contributed by atoms with van der Waals surface area (Å²) >= 11 is 0. The van der Waals surface area contributed by atoms with Crippen molar-refractivity contribution < 1.29 is 4.74 Å². The predicted molar refractivity (Wildman–Crippen MR) is 68.8 cm³/mol. The predicted octanol–water partition coefficient (Wildman–Crippen LogP) is 1.88. The standard InChI is InChI=1S/C13H28N2O/c1-4-13(5-2)14-12(3)6-7-15-8-10-16-11-9-15/h12-14H,4-11H2,1-3H3. The van der Waals surface area contributed by atoms with Crippen molar-refractivity contribution >= 4 is 0 Å². The summed E-state index contributed by atoms with van der Waals surface area (Å²) in [6.07, 6.45) is 3.72. The molecule has 1 N–H and O–H groups in total. The summed E-state index contributed by atoms with van der Waals surface area (Å²) < 4.78 is 5.35. The summed E-state index contributed by atoms with van der Waals surface area (Å²) in [5.74, 6) is 0. The zero-order chi connectivity index (χ0) is 11.8. The molecule has 1 rings (SSSR count). The van der Waals surface area contributed by atoms with E-state index < -0.39 is 0 Å². The van der Waals surface area contributed by atoms with Crippen molar-refractivity contribution in [2.75, 3.05) is 32.8 Å². The van der Waals surface area contributed by atoms with Gasteiger partial charge < -0.3 is 10.1 Å². The maximum atomic E-state index is 5.35. The quantitative estimate of drug-likeness (QED) is 0.720. The molecule has 1 aliphatic rings. The van der Waals surface area contributed by atoms with Crippen LogP contribution in [-0.2, 0) is 4.74 Å². The molecule has 0 spiro atoms. The molecule has 0 saturated carbocycles. The zero-order valence-electron chi connectivity index (χ0n) is 11.2. The van der Waals surface area contributed by atoms with Gasteiger partial charge in [-0.05, 0) is 32.7 Å². The average molecular weight is 228 g/mol. The molecule has 3 nitrogen and oxygen atoms in total. The Morgan fingerprint density at radius 2 is 1.81 bits per heavy atom. The Bertz CT molecular complexity index is 165. The highest BCUT2D eigenvalue weighted by molar-refractivity contribution is 4.71. The highest BCUT2D eigenvalue weighted by Crippen LogP contribution is 2.03. The fraction of sp³-hybridized carbons (Fsp3) is 1.00. The van der Waals surface area contributed by atoms with Gasteiger partial charge in [-0.1, -0.05) is 13.8 Å². The Kier molecular flexibility index (Phi) is 7.01. The highest BCUT2D eigenvalue weighted by Gasteiger charge is 2.13. The maximum Gasteiger partial charge on any atom is 0.0594 e. The molecule has 0 amide bonds. The van der Waals surface area contributed by atoms with Gasteiger partial charge in [-0.15, -0.1) is 0 Å². The van der Waals surface area contributed by atoms with Gasteiger partial charge in [0.1, 0.15) is 0 Å². The van der Waals surface area contributed by atoms with E-state index in [1.165, 1.54) is 25.8 Å². The number of rotatable bonds is 7. The summed E-state index contributed by atoms with van der Waals surface area (Å²) in [7, 11) is 0. The second-order valence-electron chi connectivity index (χ2n) is 4.82. The molecule has 1 saturated heterocycles. The van der Waals surface area contributed by atoms with Gasteiger partial charge in [0.15, 0.2) is 0 Å². The van der Waals surface area contributed by atoms with Crippen LogP contribution in [0.5, 0.6) is 0 Å². The van der Waals surface area contributed by atoms with Crippen LogP contribution in [0.3, 0.4) is 0 Å². The van der Waals surface area contributed by atoms with Gasteiger partial charge in [0.25, 0.3) is 0 Å². The second kappa shape index (κ2) is 8.04. The van der Waals surface area contributed by atoms with Gasteiger partial charge in [0.05, 0.1) is 13.2 Å². The molecule has 1 fully saturated rings. The minimum absolute atomic E-state index is 0.632. The maximum absolute atomic E-state index is 5.35. The Labute approximate surface area is 101 Å². The van der Waals surface area contributed by atoms with Crippen LogP contribution in [-0.4, -0.2) is 49.8 Å². The van der Waals surface area contributed by atoms with Gasteiger partial charge in [-0.3, -0.25) is 4.90 Å². The van der Waals surface area contributed by atoms with E-state index in [1.807, 2.05) is 0 Å². The van der Waals surface area contributed by atoms with E-state index in [-0.39, 0.29) is 0 Å². The first-order valence-electron chi connectivity index (χ1n) is 6.82. The van der Waals surface area contributed by atoms with Crippen LogP contribution in [0.1, 0.15) is 40.0 Å². The lowest BCUT2D eigenvalue weighted by atomic mass is 10.1. The fourth-order valence-corrected chi connectivity index (χ4v) is 2.21. The number of nitrogens with zero attached hydrogens (tertiary/aromatic N) is 1. The number of hydrogen-bond acceptors (Lipinski definition) is 3. The molecule has 1 atom stereocenters. The molecular formula is C13H28N2O. The van der Waals surface area contributed by atoms with E-state index in [9.17, 15) is 0 Å². The minimum atomic E-state index is 0.632. The largest absolute Gasteiger partial charge is 0.379 e. The highest BCUT2D eigenvalue weighted by atomic mass is 16.5. The molecule has 0 aromatic heterocycles. The average Bonchev–Trinajstić information content (AvgIpc) is 2.34. The third-order valence-corrected chi connectivity index (χ3v) is 3.49. The summed E-state index contributed by atoms with van der Waals surface area (Å²) in [4.78, 5) is 2.51. The topological polar surface area (TPSA) is 24.5 Å². The number of ether oxygens (including phenoxy) is 1. The normalized spacial score (nSPS) is 20.2.